The third kappa shape index (κ3) is 4.76. The predicted octanol–water partition coefficient (Wildman–Crippen LogP) is 3.14. The number of carbonyl (C=O) groups is 1. The highest BCUT2D eigenvalue weighted by Crippen LogP contribution is 2.23. The molecule has 0 saturated heterocycles. The van der Waals surface area contributed by atoms with E-state index in [9.17, 15) is 18.0 Å². The van der Waals surface area contributed by atoms with Crippen molar-refractivity contribution < 1.29 is 23.1 Å². The van der Waals surface area contributed by atoms with Gasteiger partial charge in [0.05, 0.1) is 12.0 Å². The van der Waals surface area contributed by atoms with Gasteiger partial charge >= 0.3 is 12.1 Å². The maximum absolute atomic E-state index is 12.1. The van der Waals surface area contributed by atoms with Crippen LogP contribution in [0, 0.1) is 0 Å². The Labute approximate surface area is 96.3 Å². The molecule has 2 N–H and O–H groups in total. The van der Waals surface area contributed by atoms with E-state index in [1.54, 1.807) is 0 Å². The number of halogens is 3. The molecule has 0 radical (unpaired) electrons. The molecule has 6 heteroatoms. The summed E-state index contributed by atoms with van der Waals surface area (Å²) in [7, 11) is 0. The van der Waals surface area contributed by atoms with E-state index < -0.39 is 24.6 Å². The van der Waals surface area contributed by atoms with Crippen molar-refractivity contribution in [2.24, 2.45) is 0 Å². The van der Waals surface area contributed by atoms with Crippen molar-refractivity contribution in [3.8, 4) is 0 Å². The molecule has 0 fully saturated rings. The van der Waals surface area contributed by atoms with Crippen LogP contribution in [-0.4, -0.2) is 23.3 Å². The Morgan fingerprint density at radius 2 is 1.88 bits per heavy atom. The fourth-order valence-corrected chi connectivity index (χ4v) is 1.39. The standard InChI is InChI=1S/C11H12F3NO2/c1-7(6-11(12,13)14)15-9-4-2-8(3-5-9)10(16)17/h2-5,7,15H,6H2,1H3,(H,16,17). The molecule has 0 spiro atoms. The first-order valence-corrected chi connectivity index (χ1v) is 4.94. The monoisotopic (exact) mass is 247 g/mol. The summed E-state index contributed by atoms with van der Waals surface area (Å²) in [5.41, 5.74) is 0.561. The summed E-state index contributed by atoms with van der Waals surface area (Å²) in [4.78, 5) is 10.6. The van der Waals surface area contributed by atoms with E-state index in [2.05, 4.69) is 5.32 Å². The van der Waals surface area contributed by atoms with Crippen LogP contribution in [0.15, 0.2) is 24.3 Å². The van der Waals surface area contributed by atoms with Crippen LogP contribution in [-0.2, 0) is 0 Å². The zero-order chi connectivity index (χ0) is 13.1. The molecule has 0 aliphatic carbocycles. The molecule has 0 aliphatic heterocycles. The maximum Gasteiger partial charge on any atom is 0.391 e. The van der Waals surface area contributed by atoms with Gasteiger partial charge in [0.15, 0.2) is 0 Å². The Bertz CT molecular complexity index is 387. The van der Waals surface area contributed by atoms with Crippen molar-refractivity contribution in [2.45, 2.75) is 25.6 Å². The van der Waals surface area contributed by atoms with Crippen molar-refractivity contribution in [3.63, 3.8) is 0 Å². The zero-order valence-electron chi connectivity index (χ0n) is 9.08. The topological polar surface area (TPSA) is 49.3 Å². The van der Waals surface area contributed by atoms with E-state index in [-0.39, 0.29) is 5.56 Å². The van der Waals surface area contributed by atoms with Crippen molar-refractivity contribution >= 4 is 11.7 Å². The van der Waals surface area contributed by atoms with Crippen LogP contribution in [0.3, 0.4) is 0 Å². The molecule has 94 valence electrons. The van der Waals surface area contributed by atoms with Crippen LogP contribution < -0.4 is 5.32 Å². The molecule has 0 aromatic heterocycles. The van der Waals surface area contributed by atoms with Gasteiger partial charge in [0.2, 0.25) is 0 Å². The SMILES string of the molecule is CC(CC(F)(F)F)Nc1ccc(C(=O)O)cc1. The van der Waals surface area contributed by atoms with Crippen LogP contribution in [0.4, 0.5) is 18.9 Å². The summed E-state index contributed by atoms with van der Waals surface area (Å²) in [6.07, 6.45) is -5.15. The number of anilines is 1. The van der Waals surface area contributed by atoms with Gasteiger partial charge in [0.25, 0.3) is 0 Å². The smallest absolute Gasteiger partial charge is 0.391 e. The van der Waals surface area contributed by atoms with Crippen molar-refractivity contribution in [3.05, 3.63) is 29.8 Å². The summed E-state index contributed by atoms with van der Waals surface area (Å²) in [6.45, 7) is 1.42. The number of carboxylic acids is 1. The van der Waals surface area contributed by atoms with Gasteiger partial charge in [-0.25, -0.2) is 4.79 Å². The molecular weight excluding hydrogens is 235 g/mol. The van der Waals surface area contributed by atoms with Gasteiger partial charge in [0, 0.05) is 11.7 Å². The van der Waals surface area contributed by atoms with Crippen LogP contribution >= 0.6 is 0 Å². The quantitative estimate of drug-likeness (QED) is 0.859. The number of carboxylic acid groups (broad SMARTS) is 1. The summed E-state index contributed by atoms with van der Waals surface area (Å²) < 4.78 is 36.2. The third-order valence-electron chi connectivity index (χ3n) is 2.08. The van der Waals surface area contributed by atoms with Gasteiger partial charge in [0.1, 0.15) is 0 Å². The van der Waals surface area contributed by atoms with Crippen molar-refractivity contribution in [1.82, 2.24) is 0 Å². The van der Waals surface area contributed by atoms with Gasteiger partial charge < -0.3 is 10.4 Å². The molecule has 17 heavy (non-hydrogen) atoms. The molecule has 0 bridgehead atoms. The van der Waals surface area contributed by atoms with E-state index in [1.165, 1.54) is 31.2 Å². The summed E-state index contributed by atoms with van der Waals surface area (Å²) in [5, 5.41) is 11.3. The molecule has 0 heterocycles. The fourth-order valence-electron chi connectivity index (χ4n) is 1.39. The highest BCUT2D eigenvalue weighted by atomic mass is 19.4. The highest BCUT2D eigenvalue weighted by molar-refractivity contribution is 5.87. The largest absolute Gasteiger partial charge is 0.478 e. The van der Waals surface area contributed by atoms with E-state index in [4.69, 9.17) is 5.11 Å². The van der Waals surface area contributed by atoms with Crippen LogP contribution in [0.25, 0.3) is 0 Å². The van der Waals surface area contributed by atoms with Gasteiger partial charge in [-0.15, -0.1) is 0 Å². The van der Waals surface area contributed by atoms with Crippen molar-refractivity contribution in [2.75, 3.05) is 5.32 Å². The minimum absolute atomic E-state index is 0.0963. The first-order valence-electron chi connectivity index (χ1n) is 4.94. The molecule has 1 aromatic carbocycles. The summed E-state index contributed by atoms with van der Waals surface area (Å²) >= 11 is 0. The van der Waals surface area contributed by atoms with Crippen LogP contribution in [0.1, 0.15) is 23.7 Å². The van der Waals surface area contributed by atoms with Gasteiger partial charge in [-0.3, -0.25) is 0 Å². The number of alkyl halides is 3. The third-order valence-corrected chi connectivity index (χ3v) is 2.08. The second-order valence-corrected chi connectivity index (χ2v) is 3.75. The number of hydrogen-bond donors (Lipinski definition) is 2. The lowest BCUT2D eigenvalue weighted by Crippen LogP contribution is -2.23. The average molecular weight is 247 g/mol. The van der Waals surface area contributed by atoms with Crippen LogP contribution in [0.2, 0.25) is 0 Å². The molecule has 0 aliphatic rings. The van der Waals surface area contributed by atoms with E-state index in [1.807, 2.05) is 0 Å². The Hall–Kier alpha value is -1.72. The lowest BCUT2D eigenvalue weighted by Gasteiger charge is -2.16. The highest BCUT2D eigenvalue weighted by Gasteiger charge is 2.29. The molecule has 3 nitrogen and oxygen atoms in total. The number of aromatic carboxylic acids is 1. The van der Waals surface area contributed by atoms with Gasteiger partial charge in [-0.2, -0.15) is 13.2 Å². The van der Waals surface area contributed by atoms with E-state index in [0.717, 1.165) is 0 Å². The Balaban J connectivity index is 2.60. The predicted molar refractivity (Wildman–Crippen MR) is 57.2 cm³/mol. The van der Waals surface area contributed by atoms with Gasteiger partial charge in [-0.1, -0.05) is 0 Å². The summed E-state index contributed by atoms with van der Waals surface area (Å²) in [5.74, 6) is -1.07. The number of nitrogens with one attached hydrogen (secondary N) is 1. The molecular formula is C11H12F3NO2. The van der Waals surface area contributed by atoms with E-state index >= 15 is 0 Å². The van der Waals surface area contributed by atoms with Crippen molar-refractivity contribution in [1.29, 1.82) is 0 Å². The number of rotatable bonds is 4. The van der Waals surface area contributed by atoms with Crippen LogP contribution in [0.5, 0.6) is 0 Å². The first kappa shape index (κ1) is 13.3. The molecule has 1 atom stereocenters. The Morgan fingerprint density at radius 1 is 1.35 bits per heavy atom. The summed E-state index contributed by atoms with van der Waals surface area (Å²) in [6, 6.07) is 4.80. The fraction of sp³-hybridized carbons (Fsp3) is 0.364. The normalized spacial score (nSPS) is 13.2. The second-order valence-electron chi connectivity index (χ2n) is 3.75. The lowest BCUT2D eigenvalue weighted by atomic mass is 10.2. The van der Waals surface area contributed by atoms with E-state index in [0.29, 0.717) is 5.69 Å². The lowest BCUT2D eigenvalue weighted by molar-refractivity contribution is -0.136. The number of hydrogen-bond acceptors (Lipinski definition) is 2. The molecule has 0 amide bonds. The minimum Gasteiger partial charge on any atom is -0.478 e. The number of benzene rings is 1. The molecule has 1 aromatic rings. The molecule has 1 unspecified atom stereocenters. The average Bonchev–Trinajstić information content (AvgIpc) is 2.15. The first-order chi connectivity index (χ1) is 7.78. The molecule has 0 saturated carbocycles. The molecule has 1 rings (SSSR count). The van der Waals surface area contributed by atoms with Gasteiger partial charge in [-0.05, 0) is 31.2 Å². The second kappa shape index (κ2) is 5.07. The Kier molecular flexibility index (Phi) is 3.98. The maximum atomic E-state index is 12.1. The Morgan fingerprint density at radius 3 is 2.29 bits per heavy atom. The zero-order valence-corrected chi connectivity index (χ0v) is 9.08. The minimum atomic E-state index is -4.21.